The van der Waals surface area contributed by atoms with Crippen LogP contribution in [0.3, 0.4) is 0 Å². The van der Waals surface area contributed by atoms with Crippen LogP contribution in [0, 0.1) is 6.92 Å². The van der Waals surface area contributed by atoms with E-state index in [0.717, 1.165) is 16.9 Å². The average molecular weight is 194 g/mol. The molecule has 1 N–H and O–H groups in total. The summed E-state index contributed by atoms with van der Waals surface area (Å²) in [7, 11) is 1.65. The van der Waals surface area contributed by atoms with E-state index in [9.17, 15) is 5.11 Å². The van der Waals surface area contributed by atoms with Gasteiger partial charge >= 0.3 is 0 Å². The van der Waals surface area contributed by atoms with Crippen molar-refractivity contribution in [2.45, 2.75) is 32.8 Å². The molecule has 2 nitrogen and oxygen atoms in total. The predicted octanol–water partition coefficient (Wildman–Crippen LogP) is 2.62. The number of benzene rings is 1. The van der Waals surface area contributed by atoms with Crippen LogP contribution in [0.1, 0.15) is 31.4 Å². The Labute approximate surface area is 85.5 Å². The summed E-state index contributed by atoms with van der Waals surface area (Å²) in [6, 6.07) is 5.78. The fraction of sp³-hybridized carbons (Fsp3) is 0.500. The molecule has 0 saturated heterocycles. The summed E-state index contributed by atoms with van der Waals surface area (Å²) in [5, 5.41) is 10.0. The molecule has 0 spiro atoms. The minimum atomic E-state index is -0.739. The van der Waals surface area contributed by atoms with Crippen molar-refractivity contribution in [1.29, 1.82) is 0 Å². The van der Waals surface area contributed by atoms with Crippen LogP contribution in [0.4, 0.5) is 0 Å². The molecule has 0 saturated carbocycles. The van der Waals surface area contributed by atoms with Crippen LogP contribution in [0.2, 0.25) is 0 Å². The summed E-state index contributed by atoms with van der Waals surface area (Å²) in [4.78, 5) is 0. The number of ether oxygens (including phenoxy) is 1. The van der Waals surface area contributed by atoms with E-state index < -0.39 is 5.60 Å². The summed E-state index contributed by atoms with van der Waals surface area (Å²) in [6.07, 6.45) is 0.707. The minimum absolute atomic E-state index is 0.707. The van der Waals surface area contributed by atoms with Gasteiger partial charge in [0.25, 0.3) is 0 Å². The zero-order valence-electron chi connectivity index (χ0n) is 9.29. The fourth-order valence-electron chi connectivity index (χ4n) is 1.42. The van der Waals surface area contributed by atoms with Crippen molar-refractivity contribution in [2.24, 2.45) is 0 Å². The number of rotatable bonds is 3. The van der Waals surface area contributed by atoms with Gasteiger partial charge < -0.3 is 9.84 Å². The molecule has 1 aromatic carbocycles. The maximum atomic E-state index is 10.0. The van der Waals surface area contributed by atoms with Gasteiger partial charge in [0.1, 0.15) is 5.75 Å². The van der Waals surface area contributed by atoms with Gasteiger partial charge in [0.15, 0.2) is 0 Å². The highest BCUT2D eigenvalue weighted by atomic mass is 16.5. The molecule has 0 fully saturated rings. The number of hydrogen-bond donors (Lipinski definition) is 1. The molecule has 0 heterocycles. The topological polar surface area (TPSA) is 29.5 Å². The Morgan fingerprint density at radius 1 is 1.43 bits per heavy atom. The van der Waals surface area contributed by atoms with E-state index in [1.165, 1.54) is 0 Å². The Hall–Kier alpha value is -1.02. The smallest absolute Gasteiger partial charge is 0.121 e. The molecule has 0 amide bonds. The summed E-state index contributed by atoms with van der Waals surface area (Å²) in [5.74, 6) is 0.862. The van der Waals surface area contributed by atoms with Crippen molar-refractivity contribution >= 4 is 0 Å². The lowest BCUT2D eigenvalue weighted by molar-refractivity contribution is 0.0530. The average Bonchev–Trinajstić information content (AvgIpc) is 2.17. The van der Waals surface area contributed by atoms with E-state index >= 15 is 0 Å². The lowest BCUT2D eigenvalue weighted by Crippen LogP contribution is -2.19. The number of aliphatic hydroxyl groups is 1. The molecule has 1 aromatic rings. The quantitative estimate of drug-likeness (QED) is 0.801. The number of hydrogen-bond acceptors (Lipinski definition) is 2. The van der Waals surface area contributed by atoms with Crippen LogP contribution in [0.25, 0.3) is 0 Å². The van der Waals surface area contributed by atoms with Crippen LogP contribution >= 0.6 is 0 Å². The van der Waals surface area contributed by atoms with Crippen LogP contribution in [-0.2, 0) is 5.60 Å². The summed E-state index contributed by atoms with van der Waals surface area (Å²) < 4.78 is 5.16. The molecule has 0 unspecified atom stereocenters. The number of methoxy groups -OCH3 is 1. The molecular formula is C12H18O2. The van der Waals surface area contributed by atoms with E-state index in [2.05, 4.69) is 0 Å². The summed E-state index contributed by atoms with van der Waals surface area (Å²) in [6.45, 7) is 5.78. The Morgan fingerprint density at radius 2 is 2.07 bits per heavy atom. The van der Waals surface area contributed by atoms with Crippen LogP contribution in [0.5, 0.6) is 5.75 Å². The van der Waals surface area contributed by atoms with Crippen LogP contribution in [0.15, 0.2) is 18.2 Å². The Balaban J connectivity index is 3.08. The molecule has 0 aliphatic carbocycles. The molecule has 78 valence electrons. The van der Waals surface area contributed by atoms with Crippen molar-refractivity contribution in [3.8, 4) is 5.75 Å². The Kier molecular flexibility index (Phi) is 3.17. The third-order valence-electron chi connectivity index (χ3n) is 2.71. The van der Waals surface area contributed by atoms with Gasteiger partial charge in [0, 0.05) is 0 Å². The van der Waals surface area contributed by atoms with E-state index in [0.29, 0.717) is 6.42 Å². The highest BCUT2D eigenvalue weighted by Crippen LogP contribution is 2.28. The van der Waals surface area contributed by atoms with Crippen molar-refractivity contribution in [2.75, 3.05) is 7.11 Å². The highest BCUT2D eigenvalue weighted by molar-refractivity contribution is 5.38. The minimum Gasteiger partial charge on any atom is -0.496 e. The predicted molar refractivity (Wildman–Crippen MR) is 57.6 cm³/mol. The lowest BCUT2D eigenvalue weighted by atomic mass is 9.92. The SMILES string of the molecule is CC[C@](C)(O)c1ccc(OC)c(C)c1. The van der Waals surface area contributed by atoms with Crippen molar-refractivity contribution < 1.29 is 9.84 Å². The van der Waals surface area contributed by atoms with Gasteiger partial charge in [-0.2, -0.15) is 0 Å². The molecule has 2 heteroatoms. The number of aryl methyl sites for hydroxylation is 1. The lowest BCUT2D eigenvalue weighted by Gasteiger charge is -2.22. The van der Waals surface area contributed by atoms with Crippen molar-refractivity contribution in [3.05, 3.63) is 29.3 Å². The largest absolute Gasteiger partial charge is 0.496 e. The Bertz CT molecular complexity index is 316. The molecule has 14 heavy (non-hydrogen) atoms. The molecule has 0 aromatic heterocycles. The molecule has 0 aliphatic rings. The maximum Gasteiger partial charge on any atom is 0.121 e. The fourth-order valence-corrected chi connectivity index (χ4v) is 1.42. The van der Waals surface area contributed by atoms with Gasteiger partial charge in [-0.3, -0.25) is 0 Å². The molecule has 1 rings (SSSR count). The third-order valence-corrected chi connectivity index (χ3v) is 2.71. The zero-order chi connectivity index (χ0) is 10.8. The second-order valence-corrected chi connectivity index (χ2v) is 3.81. The zero-order valence-corrected chi connectivity index (χ0v) is 9.29. The van der Waals surface area contributed by atoms with Gasteiger partial charge in [-0.1, -0.05) is 13.0 Å². The summed E-state index contributed by atoms with van der Waals surface area (Å²) in [5.41, 5.74) is 1.26. The van der Waals surface area contributed by atoms with E-state index in [1.54, 1.807) is 7.11 Å². The molecule has 0 aliphatic heterocycles. The molecule has 1 atom stereocenters. The van der Waals surface area contributed by atoms with Crippen molar-refractivity contribution in [1.82, 2.24) is 0 Å². The Morgan fingerprint density at radius 3 is 2.50 bits per heavy atom. The normalized spacial score (nSPS) is 14.9. The van der Waals surface area contributed by atoms with Crippen LogP contribution < -0.4 is 4.74 Å². The first-order chi connectivity index (χ1) is 6.51. The van der Waals surface area contributed by atoms with E-state index in [4.69, 9.17) is 4.74 Å². The maximum absolute atomic E-state index is 10.0. The molecule has 0 radical (unpaired) electrons. The van der Waals surface area contributed by atoms with Gasteiger partial charge in [0.2, 0.25) is 0 Å². The van der Waals surface area contributed by atoms with Gasteiger partial charge in [-0.15, -0.1) is 0 Å². The first-order valence-electron chi connectivity index (χ1n) is 4.88. The van der Waals surface area contributed by atoms with E-state index in [1.807, 2.05) is 39.0 Å². The van der Waals surface area contributed by atoms with Crippen LogP contribution in [-0.4, -0.2) is 12.2 Å². The first-order valence-corrected chi connectivity index (χ1v) is 4.88. The molecular weight excluding hydrogens is 176 g/mol. The molecule has 0 bridgehead atoms. The standard InChI is InChI=1S/C12H18O2/c1-5-12(3,13)10-6-7-11(14-4)9(2)8-10/h6-8,13H,5H2,1-4H3/t12-/m0/s1. The monoisotopic (exact) mass is 194 g/mol. The van der Waals surface area contributed by atoms with E-state index in [-0.39, 0.29) is 0 Å². The van der Waals surface area contributed by atoms with Gasteiger partial charge in [-0.25, -0.2) is 0 Å². The first kappa shape index (κ1) is 11.1. The third kappa shape index (κ3) is 2.07. The second kappa shape index (κ2) is 4.01. The van der Waals surface area contributed by atoms with Gasteiger partial charge in [0.05, 0.1) is 12.7 Å². The highest BCUT2D eigenvalue weighted by Gasteiger charge is 2.20. The second-order valence-electron chi connectivity index (χ2n) is 3.81. The van der Waals surface area contributed by atoms with Crippen molar-refractivity contribution in [3.63, 3.8) is 0 Å². The summed E-state index contributed by atoms with van der Waals surface area (Å²) >= 11 is 0. The van der Waals surface area contributed by atoms with Gasteiger partial charge in [-0.05, 0) is 43.5 Å².